The second kappa shape index (κ2) is 4.49. The Bertz CT molecular complexity index is 286. The lowest BCUT2D eigenvalue weighted by molar-refractivity contribution is 0.405. The Morgan fingerprint density at radius 2 is 2.38 bits per heavy atom. The Morgan fingerprint density at radius 3 is 3.00 bits per heavy atom. The first kappa shape index (κ1) is 9.56. The molecule has 1 fully saturated rings. The van der Waals surface area contributed by atoms with Crippen LogP contribution >= 0.6 is 27.7 Å². The van der Waals surface area contributed by atoms with Gasteiger partial charge < -0.3 is 5.32 Å². The minimum atomic E-state index is 0.740. The zero-order chi connectivity index (χ0) is 9.10. The molecule has 1 unspecified atom stereocenters. The van der Waals surface area contributed by atoms with Gasteiger partial charge in [-0.1, -0.05) is 22.0 Å². The lowest BCUT2D eigenvalue weighted by Crippen LogP contribution is -2.44. The van der Waals surface area contributed by atoms with Crippen molar-refractivity contribution in [2.45, 2.75) is 17.4 Å². The summed E-state index contributed by atoms with van der Waals surface area (Å²) in [5.74, 6) is 1.19. The highest BCUT2D eigenvalue weighted by Gasteiger charge is 2.15. The van der Waals surface area contributed by atoms with Crippen LogP contribution in [0.2, 0.25) is 0 Å². The van der Waals surface area contributed by atoms with E-state index in [1.807, 2.05) is 11.8 Å². The van der Waals surface area contributed by atoms with Crippen LogP contribution in [0, 0.1) is 0 Å². The third-order valence-corrected chi connectivity index (χ3v) is 3.82. The van der Waals surface area contributed by atoms with E-state index in [4.69, 9.17) is 0 Å². The first-order chi connectivity index (χ1) is 6.34. The molecule has 1 aromatic rings. The van der Waals surface area contributed by atoms with Gasteiger partial charge in [0.2, 0.25) is 0 Å². The van der Waals surface area contributed by atoms with Crippen molar-refractivity contribution in [1.82, 2.24) is 5.32 Å². The monoisotopic (exact) mass is 257 g/mol. The van der Waals surface area contributed by atoms with Crippen molar-refractivity contribution in [3.63, 3.8) is 0 Å². The van der Waals surface area contributed by atoms with Crippen molar-refractivity contribution in [2.24, 2.45) is 0 Å². The molecule has 1 nitrogen and oxygen atoms in total. The van der Waals surface area contributed by atoms with Crippen molar-refractivity contribution in [3.8, 4) is 0 Å². The molecule has 3 heteroatoms. The minimum absolute atomic E-state index is 0.740. The molecule has 0 aliphatic carbocycles. The number of halogens is 1. The van der Waals surface area contributed by atoms with Gasteiger partial charge in [-0.05, 0) is 31.2 Å². The largest absolute Gasteiger partial charge is 0.313 e. The first-order valence-electron chi connectivity index (χ1n) is 4.46. The van der Waals surface area contributed by atoms with Crippen molar-refractivity contribution >= 4 is 27.7 Å². The molecule has 1 saturated heterocycles. The van der Waals surface area contributed by atoms with E-state index >= 15 is 0 Å². The zero-order valence-corrected chi connectivity index (χ0v) is 9.70. The van der Waals surface area contributed by atoms with Crippen molar-refractivity contribution < 1.29 is 0 Å². The van der Waals surface area contributed by atoms with Crippen LogP contribution in [0.4, 0.5) is 0 Å². The van der Waals surface area contributed by atoms with Crippen LogP contribution in [-0.4, -0.2) is 18.3 Å². The molecule has 0 spiro atoms. The van der Waals surface area contributed by atoms with Crippen molar-refractivity contribution in [3.05, 3.63) is 28.7 Å². The Balaban J connectivity index is 1.86. The van der Waals surface area contributed by atoms with E-state index < -0.39 is 0 Å². The SMILES string of the molecule is Brc1cccc(SCC2CCN2)c1. The standard InChI is InChI=1S/C10H12BrNS/c11-8-2-1-3-10(6-8)13-7-9-4-5-12-9/h1-3,6,9,12H,4-5,7H2. The van der Waals surface area contributed by atoms with E-state index in [-0.39, 0.29) is 0 Å². The molecule has 1 aliphatic rings. The van der Waals surface area contributed by atoms with Crippen LogP contribution in [0.15, 0.2) is 33.6 Å². The Hall–Kier alpha value is 0.01000. The minimum Gasteiger partial charge on any atom is -0.313 e. The number of rotatable bonds is 3. The van der Waals surface area contributed by atoms with Gasteiger partial charge in [-0.15, -0.1) is 11.8 Å². The molecule has 1 heterocycles. The van der Waals surface area contributed by atoms with Crippen LogP contribution in [0.3, 0.4) is 0 Å². The lowest BCUT2D eigenvalue weighted by Gasteiger charge is -2.27. The Kier molecular flexibility index (Phi) is 3.30. The highest BCUT2D eigenvalue weighted by molar-refractivity contribution is 9.10. The molecule has 0 bridgehead atoms. The third kappa shape index (κ3) is 2.73. The smallest absolute Gasteiger partial charge is 0.0186 e. The molecule has 13 heavy (non-hydrogen) atoms. The van der Waals surface area contributed by atoms with E-state index in [1.165, 1.54) is 28.1 Å². The summed E-state index contributed by atoms with van der Waals surface area (Å²) < 4.78 is 1.17. The van der Waals surface area contributed by atoms with Crippen LogP contribution in [0.5, 0.6) is 0 Å². The molecule has 1 aliphatic heterocycles. The predicted octanol–water partition coefficient (Wildman–Crippen LogP) is 2.90. The molecule has 1 atom stereocenters. The summed E-state index contributed by atoms with van der Waals surface area (Å²) in [4.78, 5) is 1.35. The van der Waals surface area contributed by atoms with Crippen LogP contribution < -0.4 is 5.32 Å². The molecular weight excluding hydrogens is 246 g/mol. The van der Waals surface area contributed by atoms with E-state index in [1.54, 1.807) is 0 Å². The first-order valence-corrected chi connectivity index (χ1v) is 6.24. The fourth-order valence-electron chi connectivity index (χ4n) is 1.24. The molecule has 0 radical (unpaired) electrons. The van der Waals surface area contributed by atoms with Gasteiger partial charge >= 0.3 is 0 Å². The summed E-state index contributed by atoms with van der Waals surface area (Å²) in [5, 5.41) is 3.40. The molecule has 0 aromatic heterocycles. The topological polar surface area (TPSA) is 12.0 Å². The number of hydrogen-bond acceptors (Lipinski definition) is 2. The molecule has 0 saturated carbocycles. The fraction of sp³-hybridized carbons (Fsp3) is 0.400. The van der Waals surface area contributed by atoms with Gasteiger partial charge in [0.05, 0.1) is 0 Å². The molecule has 0 amide bonds. The second-order valence-corrected chi connectivity index (χ2v) is 5.22. The fourth-order valence-corrected chi connectivity index (χ4v) is 2.86. The molecule has 2 rings (SSSR count). The second-order valence-electron chi connectivity index (χ2n) is 3.21. The van der Waals surface area contributed by atoms with Gasteiger partial charge in [0.25, 0.3) is 0 Å². The number of nitrogens with one attached hydrogen (secondary N) is 1. The summed E-state index contributed by atoms with van der Waals surface area (Å²) in [7, 11) is 0. The number of benzene rings is 1. The predicted molar refractivity (Wildman–Crippen MR) is 61.3 cm³/mol. The maximum absolute atomic E-state index is 3.47. The van der Waals surface area contributed by atoms with E-state index in [9.17, 15) is 0 Å². The highest BCUT2D eigenvalue weighted by Crippen LogP contribution is 2.23. The summed E-state index contributed by atoms with van der Waals surface area (Å²) in [6, 6.07) is 9.22. The molecule has 70 valence electrons. The van der Waals surface area contributed by atoms with Crippen LogP contribution in [0.25, 0.3) is 0 Å². The average Bonchev–Trinajstić information content (AvgIpc) is 2.01. The normalized spacial score (nSPS) is 21.2. The van der Waals surface area contributed by atoms with Crippen LogP contribution in [-0.2, 0) is 0 Å². The third-order valence-electron chi connectivity index (χ3n) is 2.17. The zero-order valence-electron chi connectivity index (χ0n) is 7.29. The maximum Gasteiger partial charge on any atom is 0.0186 e. The van der Waals surface area contributed by atoms with Gasteiger partial charge in [0.15, 0.2) is 0 Å². The molecular formula is C10H12BrNS. The van der Waals surface area contributed by atoms with E-state index in [0.29, 0.717) is 0 Å². The lowest BCUT2D eigenvalue weighted by atomic mass is 10.1. The number of hydrogen-bond donors (Lipinski definition) is 1. The van der Waals surface area contributed by atoms with Gasteiger partial charge in [0, 0.05) is 21.2 Å². The molecule has 1 N–H and O–H groups in total. The van der Waals surface area contributed by atoms with Gasteiger partial charge in [-0.2, -0.15) is 0 Å². The van der Waals surface area contributed by atoms with Gasteiger partial charge in [-0.3, -0.25) is 0 Å². The summed E-state index contributed by atoms with van der Waals surface area (Å²) in [5.41, 5.74) is 0. The van der Waals surface area contributed by atoms with E-state index in [0.717, 1.165) is 6.04 Å². The van der Waals surface area contributed by atoms with Crippen LogP contribution in [0.1, 0.15) is 6.42 Å². The maximum atomic E-state index is 3.47. The average molecular weight is 258 g/mol. The Labute approximate surface area is 91.4 Å². The summed E-state index contributed by atoms with van der Waals surface area (Å²) >= 11 is 5.40. The van der Waals surface area contributed by atoms with Crippen molar-refractivity contribution in [2.75, 3.05) is 12.3 Å². The quantitative estimate of drug-likeness (QED) is 0.837. The highest BCUT2D eigenvalue weighted by atomic mass is 79.9. The van der Waals surface area contributed by atoms with Gasteiger partial charge in [-0.25, -0.2) is 0 Å². The van der Waals surface area contributed by atoms with Gasteiger partial charge in [0.1, 0.15) is 0 Å². The molecule has 1 aromatic carbocycles. The summed E-state index contributed by atoms with van der Waals surface area (Å²) in [6.07, 6.45) is 1.33. The van der Waals surface area contributed by atoms with Crippen molar-refractivity contribution in [1.29, 1.82) is 0 Å². The van der Waals surface area contributed by atoms with E-state index in [2.05, 4.69) is 45.5 Å². The summed E-state index contributed by atoms with van der Waals surface area (Å²) in [6.45, 7) is 1.20. The Morgan fingerprint density at radius 1 is 1.54 bits per heavy atom. The number of thioether (sulfide) groups is 1.